The molecule has 2 aromatic carbocycles. The van der Waals surface area contributed by atoms with Crippen molar-refractivity contribution in [2.24, 2.45) is 0 Å². The van der Waals surface area contributed by atoms with E-state index in [0.29, 0.717) is 13.0 Å². The van der Waals surface area contributed by atoms with Gasteiger partial charge in [0.15, 0.2) is 0 Å². The smallest absolute Gasteiger partial charge is 0.211 e. The largest absolute Gasteiger partial charge is 0.497 e. The number of ether oxygens (including phenoxy) is 2. The molecule has 0 unspecified atom stereocenters. The number of rotatable bonds is 6. The Balaban J connectivity index is 1.97. The first kappa shape index (κ1) is 13.0. The van der Waals surface area contributed by atoms with Crippen molar-refractivity contribution in [2.75, 3.05) is 12.4 Å². The molecule has 0 radical (unpaired) electrons. The first-order valence-corrected chi connectivity index (χ1v) is 5.88. The van der Waals surface area contributed by atoms with Gasteiger partial charge in [0.1, 0.15) is 18.1 Å². The molecule has 98 valence electrons. The second-order valence-corrected chi connectivity index (χ2v) is 3.93. The zero-order chi connectivity index (χ0) is 13.5. The van der Waals surface area contributed by atoms with Gasteiger partial charge < -0.3 is 14.8 Å². The average Bonchev–Trinajstić information content (AvgIpc) is 2.46. The third-order valence-electron chi connectivity index (χ3n) is 2.62. The van der Waals surface area contributed by atoms with Crippen LogP contribution in [-0.2, 0) is 11.4 Å². The second-order valence-electron chi connectivity index (χ2n) is 3.93. The number of carbonyl (C=O) groups excluding carboxylic acids is 1. The van der Waals surface area contributed by atoms with Gasteiger partial charge in [0.25, 0.3) is 0 Å². The quantitative estimate of drug-likeness (QED) is 0.809. The maximum Gasteiger partial charge on any atom is 0.211 e. The number of anilines is 1. The fourth-order valence-electron chi connectivity index (χ4n) is 1.66. The molecule has 0 atom stereocenters. The maximum atomic E-state index is 10.4. The van der Waals surface area contributed by atoms with Crippen molar-refractivity contribution >= 4 is 12.1 Å². The summed E-state index contributed by atoms with van der Waals surface area (Å²) < 4.78 is 10.7. The van der Waals surface area contributed by atoms with Crippen LogP contribution in [0.2, 0.25) is 0 Å². The molecule has 19 heavy (non-hydrogen) atoms. The Morgan fingerprint density at radius 1 is 1.11 bits per heavy atom. The molecule has 4 heteroatoms. The Hall–Kier alpha value is -2.49. The van der Waals surface area contributed by atoms with Crippen LogP contribution >= 0.6 is 0 Å². The van der Waals surface area contributed by atoms with E-state index in [-0.39, 0.29) is 0 Å². The molecule has 2 rings (SSSR count). The van der Waals surface area contributed by atoms with Gasteiger partial charge in [0.2, 0.25) is 6.41 Å². The van der Waals surface area contributed by atoms with Gasteiger partial charge in [-0.1, -0.05) is 12.1 Å². The lowest BCUT2D eigenvalue weighted by Gasteiger charge is -2.08. The molecule has 0 aromatic heterocycles. The molecule has 0 spiro atoms. The van der Waals surface area contributed by atoms with Crippen LogP contribution in [0.4, 0.5) is 5.69 Å². The zero-order valence-electron chi connectivity index (χ0n) is 10.6. The highest BCUT2D eigenvalue weighted by atomic mass is 16.5. The molecule has 0 aliphatic rings. The lowest BCUT2D eigenvalue weighted by molar-refractivity contribution is -0.105. The van der Waals surface area contributed by atoms with E-state index in [1.54, 1.807) is 7.11 Å². The number of amides is 1. The van der Waals surface area contributed by atoms with Crippen LogP contribution in [0.25, 0.3) is 0 Å². The van der Waals surface area contributed by atoms with Crippen molar-refractivity contribution in [1.29, 1.82) is 0 Å². The molecule has 0 fully saturated rings. The van der Waals surface area contributed by atoms with Gasteiger partial charge in [-0.2, -0.15) is 0 Å². The van der Waals surface area contributed by atoms with Gasteiger partial charge in [-0.25, -0.2) is 0 Å². The zero-order valence-corrected chi connectivity index (χ0v) is 10.6. The minimum atomic E-state index is 0.445. The van der Waals surface area contributed by atoms with E-state index in [2.05, 4.69) is 5.32 Å². The second kappa shape index (κ2) is 6.44. The van der Waals surface area contributed by atoms with Crippen molar-refractivity contribution in [3.63, 3.8) is 0 Å². The van der Waals surface area contributed by atoms with Gasteiger partial charge in [-0.05, 0) is 42.0 Å². The van der Waals surface area contributed by atoms with Gasteiger partial charge in [-0.3, -0.25) is 4.79 Å². The Morgan fingerprint density at radius 3 is 2.53 bits per heavy atom. The van der Waals surface area contributed by atoms with E-state index in [4.69, 9.17) is 9.47 Å². The van der Waals surface area contributed by atoms with E-state index in [1.807, 2.05) is 48.5 Å². The molecular formula is C15H15NO3. The lowest BCUT2D eigenvalue weighted by Crippen LogP contribution is -1.98. The van der Waals surface area contributed by atoms with E-state index in [1.165, 1.54) is 0 Å². The van der Waals surface area contributed by atoms with E-state index < -0.39 is 0 Å². The summed E-state index contributed by atoms with van der Waals surface area (Å²) in [5.74, 6) is 1.57. The van der Waals surface area contributed by atoms with Crippen molar-refractivity contribution in [3.05, 3.63) is 54.1 Å². The molecule has 0 aliphatic heterocycles. The van der Waals surface area contributed by atoms with Crippen LogP contribution in [0.1, 0.15) is 5.56 Å². The highest BCUT2D eigenvalue weighted by Crippen LogP contribution is 2.19. The minimum absolute atomic E-state index is 0.445. The van der Waals surface area contributed by atoms with E-state index in [9.17, 15) is 4.79 Å². The summed E-state index contributed by atoms with van der Waals surface area (Å²) >= 11 is 0. The number of hydrogen-bond acceptors (Lipinski definition) is 3. The van der Waals surface area contributed by atoms with Crippen LogP contribution in [0, 0.1) is 0 Å². The fraction of sp³-hybridized carbons (Fsp3) is 0.133. The first-order chi connectivity index (χ1) is 9.31. The number of carbonyl (C=O) groups is 1. The number of hydrogen-bond donors (Lipinski definition) is 1. The first-order valence-electron chi connectivity index (χ1n) is 5.88. The van der Waals surface area contributed by atoms with Crippen LogP contribution in [0.5, 0.6) is 11.5 Å². The van der Waals surface area contributed by atoms with Gasteiger partial charge in [0.05, 0.1) is 7.11 Å². The predicted octanol–water partition coefficient (Wildman–Crippen LogP) is 2.84. The van der Waals surface area contributed by atoms with Crippen LogP contribution in [0.3, 0.4) is 0 Å². The maximum absolute atomic E-state index is 10.4. The summed E-state index contributed by atoms with van der Waals surface area (Å²) in [6, 6.07) is 14.9. The van der Waals surface area contributed by atoms with Crippen LogP contribution in [-0.4, -0.2) is 13.5 Å². The lowest BCUT2D eigenvalue weighted by atomic mass is 10.2. The highest BCUT2D eigenvalue weighted by molar-refractivity contribution is 5.71. The molecular weight excluding hydrogens is 242 g/mol. The topological polar surface area (TPSA) is 47.6 Å². The normalized spacial score (nSPS) is 9.74. The van der Waals surface area contributed by atoms with Crippen molar-refractivity contribution in [1.82, 2.24) is 0 Å². The average molecular weight is 257 g/mol. The van der Waals surface area contributed by atoms with Gasteiger partial charge in [0, 0.05) is 5.69 Å². The van der Waals surface area contributed by atoms with Crippen molar-refractivity contribution in [3.8, 4) is 11.5 Å². The molecule has 2 aromatic rings. The summed E-state index contributed by atoms with van der Waals surface area (Å²) in [5.41, 5.74) is 1.74. The minimum Gasteiger partial charge on any atom is -0.497 e. The van der Waals surface area contributed by atoms with Crippen LogP contribution in [0.15, 0.2) is 48.5 Å². The number of methoxy groups -OCH3 is 1. The summed E-state index contributed by atoms with van der Waals surface area (Å²) in [4.78, 5) is 10.4. The molecule has 1 amide bonds. The predicted molar refractivity (Wildman–Crippen MR) is 73.5 cm³/mol. The molecule has 4 nitrogen and oxygen atoms in total. The third kappa shape index (κ3) is 3.74. The SMILES string of the molecule is COc1ccc(OCc2cccc(NC=O)c2)cc1. The van der Waals surface area contributed by atoms with E-state index in [0.717, 1.165) is 22.7 Å². The summed E-state index contributed by atoms with van der Waals surface area (Å²) in [6.07, 6.45) is 0.656. The Labute approximate surface area is 112 Å². The molecule has 0 heterocycles. The summed E-state index contributed by atoms with van der Waals surface area (Å²) in [5, 5.41) is 2.61. The molecule has 1 N–H and O–H groups in total. The Bertz CT molecular complexity index is 537. The standard InChI is InChI=1S/C15H15NO3/c1-18-14-5-7-15(8-6-14)19-10-12-3-2-4-13(9-12)16-11-17/h2-9,11H,10H2,1H3,(H,16,17). The molecule has 0 aliphatic carbocycles. The molecule has 0 saturated carbocycles. The summed E-state index contributed by atoms with van der Waals surface area (Å²) in [6.45, 7) is 0.445. The third-order valence-corrected chi connectivity index (χ3v) is 2.62. The number of benzene rings is 2. The van der Waals surface area contributed by atoms with Crippen LogP contribution < -0.4 is 14.8 Å². The molecule has 0 bridgehead atoms. The Kier molecular flexibility index (Phi) is 4.39. The van der Waals surface area contributed by atoms with Crippen molar-refractivity contribution in [2.45, 2.75) is 6.61 Å². The Morgan fingerprint density at radius 2 is 1.84 bits per heavy atom. The van der Waals surface area contributed by atoms with Gasteiger partial charge >= 0.3 is 0 Å². The van der Waals surface area contributed by atoms with E-state index >= 15 is 0 Å². The number of nitrogens with one attached hydrogen (secondary N) is 1. The van der Waals surface area contributed by atoms with Gasteiger partial charge in [-0.15, -0.1) is 0 Å². The van der Waals surface area contributed by atoms with Crippen molar-refractivity contribution < 1.29 is 14.3 Å². The summed E-state index contributed by atoms with van der Waals surface area (Å²) in [7, 11) is 1.63. The monoisotopic (exact) mass is 257 g/mol. The highest BCUT2D eigenvalue weighted by Gasteiger charge is 1.98. The fourth-order valence-corrected chi connectivity index (χ4v) is 1.66. The molecule has 0 saturated heterocycles.